The van der Waals surface area contributed by atoms with E-state index in [4.69, 9.17) is 5.73 Å². The van der Waals surface area contributed by atoms with Gasteiger partial charge in [-0.15, -0.1) is 0 Å². The number of rotatable bonds is 4. The predicted octanol–water partition coefficient (Wildman–Crippen LogP) is 2.90. The molecule has 94 valence electrons. The summed E-state index contributed by atoms with van der Waals surface area (Å²) in [4.78, 5) is 11.7. The zero-order valence-electron chi connectivity index (χ0n) is 9.84. The number of carbonyl (C=O) groups excluding carboxylic acids is 1. The lowest BCUT2D eigenvalue weighted by atomic mass is 10.0. The molecule has 1 atom stereocenters. The Morgan fingerprint density at radius 1 is 1.53 bits per heavy atom. The number of anilines is 1. The molecule has 0 saturated carbocycles. The van der Waals surface area contributed by atoms with Crippen molar-refractivity contribution in [3.8, 4) is 0 Å². The lowest BCUT2D eigenvalue weighted by molar-refractivity contribution is -0.117. The van der Waals surface area contributed by atoms with Gasteiger partial charge in [-0.25, -0.2) is 4.39 Å². The molecule has 0 heterocycles. The molecule has 0 aliphatic rings. The monoisotopic (exact) mass is 302 g/mol. The van der Waals surface area contributed by atoms with Gasteiger partial charge in [-0.1, -0.05) is 29.8 Å². The van der Waals surface area contributed by atoms with Crippen LogP contribution in [-0.2, 0) is 4.79 Å². The van der Waals surface area contributed by atoms with Crippen LogP contribution >= 0.6 is 15.9 Å². The van der Waals surface area contributed by atoms with Gasteiger partial charge in [0.1, 0.15) is 5.82 Å². The molecule has 1 aromatic rings. The van der Waals surface area contributed by atoms with E-state index >= 15 is 0 Å². The van der Waals surface area contributed by atoms with Crippen LogP contribution < -0.4 is 11.1 Å². The Morgan fingerprint density at radius 2 is 2.18 bits per heavy atom. The van der Waals surface area contributed by atoms with Gasteiger partial charge in [-0.05, 0) is 30.5 Å². The van der Waals surface area contributed by atoms with Crippen LogP contribution in [-0.4, -0.2) is 11.9 Å². The first-order valence-corrected chi connectivity index (χ1v) is 6.21. The molecular formula is C12H16BrFN2O. The van der Waals surface area contributed by atoms with Crippen LogP contribution in [0.3, 0.4) is 0 Å². The third-order valence-electron chi connectivity index (χ3n) is 2.25. The van der Waals surface area contributed by atoms with Gasteiger partial charge >= 0.3 is 0 Å². The van der Waals surface area contributed by atoms with Gasteiger partial charge in [-0.3, -0.25) is 4.79 Å². The molecule has 1 aromatic carbocycles. The molecule has 3 nitrogen and oxygen atoms in total. The number of nitrogens with two attached hydrogens (primary N) is 1. The Kier molecular flexibility index (Phi) is 5.08. The topological polar surface area (TPSA) is 55.1 Å². The summed E-state index contributed by atoms with van der Waals surface area (Å²) in [7, 11) is 0. The standard InChI is InChI=1S/C12H16BrFN2O/c1-7(2)5-10(15)12(17)16-11-6-8(13)3-4-9(11)14/h3-4,6-7,10H,5,15H2,1-2H3,(H,16,17)/t10-/m0/s1. The largest absolute Gasteiger partial charge is 0.322 e. The summed E-state index contributed by atoms with van der Waals surface area (Å²) in [6, 6.07) is 3.75. The highest BCUT2D eigenvalue weighted by molar-refractivity contribution is 9.10. The van der Waals surface area contributed by atoms with Crippen molar-refractivity contribution in [1.82, 2.24) is 0 Å². The van der Waals surface area contributed by atoms with E-state index in [0.717, 1.165) is 0 Å². The van der Waals surface area contributed by atoms with Gasteiger partial charge < -0.3 is 11.1 Å². The van der Waals surface area contributed by atoms with Crippen molar-refractivity contribution in [2.45, 2.75) is 26.3 Å². The van der Waals surface area contributed by atoms with Gasteiger partial charge in [0, 0.05) is 4.47 Å². The molecule has 0 saturated heterocycles. The average Bonchev–Trinajstić information content (AvgIpc) is 2.22. The summed E-state index contributed by atoms with van der Waals surface area (Å²) >= 11 is 3.21. The summed E-state index contributed by atoms with van der Waals surface area (Å²) in [5.41, 5.74) is 5.85. The van der Waals surface area contributed by atoms with Crippen LogP contribution in [0.4, 0.5) is 10.1 Å². The molecule has 0 aliphatic carbocycles. The van der Waals surface area contributed by atoms with Crippen molar-refractivity contribution < 1.29 is 9.18 Å². The maximum Gasteiger partial charge on any atom is 0.241 e. The zero-order chi connectivity index (χ0) is 13.0. The average molecular weight is 303 g/mol. The number of nitrogens with one attached hydrogen (secondary N) is 1. The normalized spacial score (nSPS) is 12.6. The Bertz CT molecular complexity index is 409. The molecule has 17 heavy (non-hydrogen) atoms. The van der Waals surface area contributed by atoms with Crippen LogP contribution in [0, 0.1) is 11.7 Å². The van der Waals surface area contributed by atoms with Crippen LogP contribution in [0.15, 0.2) is 22.7 Å². The molecule has 0 aromatic heterocycles. The first kappa shape index (κ1) is 14.1. The third-order valence-corrected chi connectivity index (χ3v) is 2.74. The van der Waals surface area contributed by atoms with E-state index < -0.39 is 11.9 Å². The number of hydrogen-bond donors (Lipinski definition) is 2. The Labute approximate surface area is 109 Å². The molecule has 5 heteroatoms. The lowest BCUT2D eigenvalue weighted by Gasteiger charge is -2.14. The van der Waals surface area contributed by atoms with E-state index in [-0.39, 0.29) is 11.6 Å². The first-order chi connectivity index (χ1) is 7.90. The van der Waals surface area contributed by atoms with Gasteiger partial charge in [0.15, 0.2) is 0 Å². The fraction of sp³-hybridized carbons (Fsp3) is 0.417. The van der Waals surface area contributed by atoms with Crippen molar-refractivity contribution >= 4 is 27.5 Å². The fourth-order valence-electron chi connectivity index (χ4n) is 1.43. The first-order valence-electron chi connectivity index (χ1n) is 5.41. The van der Waals surface area contributed by atoms with Gasteiger partial charge in [0.05, 0.1) is 11.7 Å². The van der Waals surface area contributed by atoms with Crippen LogP contribution in [0.1, 0.15) is 20.3 Å². The SMILES string of the molecule is CC(C)C[C@H](N)C(=O)Nc1cc(Br)ccc1F. The summed E-state index contributed by atoms with van der Waals surface area (Å²) in [6.07, 6.45) is 0.571. The minimum Gasteiger partial charge on any atom is -0.322 e. The Hall–Kier alpha value is -0.940. The maximum absolute atomic E-state index is 13.4. The molecule has 0 aliphatic heterocycles. The second-order valence-corrected chi connectivity index (χ2v) is 5.27. The second kappa shape index (κ2) is 6.12. The molecule has 1 rings (SSSR count). The lowest BCUT2D eigenvalue weighted by Crippen LogP contribution is -2.36. The van der Waals surface area contributed by atoms with Crippen molar-refractivity contribution in [2.75, 3.05) is 5.32 Å². The van der Waals surface area contributed by atoms with E-state index in [2.05, 4.69) is 21.2 Å². The molecule has 0 spiro atoms. The molecule has 0 bridgehead atoms. The Balaban J connectivity index is 2.70. The molecule has 1 amide bonds. The number of halogens is 2. The number of amides is 1. The number of hydrogen-bond acceptors (Lipinski definition) is 2. The minimum atomic E-state index is -0.617. The minimum absolute atomic E-state index is 0.142. The number of benzene rings is 1. The van der Waals surface area contributed by atoms with Gasteiger partial charge in [-0.2, -0.15) is 0 Å². The van der Waals surface area contributed by atoms with Crippen molar-refractivity contribution in [3.63, 3.8) is 0 Å². The van der Waals surface area contributed by atoms with E-state index in [1.807, 2.05) is 13.8 Å². The summed E-state index contributed by atoms with van der Waals surface area (Å²) in [5.74, 6) is -0.517. The molecule has 0 unspecified atom stereocenters. The fourth-order valence-corrected chi connectivity index (χ4v) is 1.79. The van der Waals surface area contributed by atoms with Crippen LogP contribution in [0.5, 0.6) is 0 Å². The molecule has 3 N–H and O–H groups in total. The van der Waals surface area contributed by atoms with E-state index in [1.165, 1.54) is 12.1 Å². The molecule has 0 radical (unpaired) electrons. The van der Waals surface area contributed by atoms with Crippen LogP contribution in [0.25, 0.3) is 0 Å². The molecular weight excluding hydrogens is 287 g/mol. The third kappa shape index (κ3) is 4.44. The quantitative estimate of drug-likeness (QED) is 0.898. The molecule has 0 fully saturated rings. The zero-order valence-corrected chi connectivity index (χ0v) is 11.4. The van der Waals surface area contributed by atoms with Crippen LogP contribution in [0.2, 0.25) is 0 Å². The second-order valence-electron chi connectivity index (χ2n) is 4.35. The Morgan fingerprint density at radius 3 is 2.76 bits per heavy atom. The van der Waals surface area contributed by atoms with Crippen molar-refractivity contribution in [2.24, 2.45) is 11.7 Å². The summed E-state index contributed by atoms with van der Waals surface area (Å²) in [5, 5.41) is 2.49. The van der Waals surface area contributed by atoms with Crippen molar-refractivity contribution in [3.05, 3.63) is 28.5 Å². The van der Waals surface area contributed by atoms with Gasteiger partial charge in [0.2, 0.25) is 5.91 Å². The van der Waals surface area contributed by atoms with E-state index in [9.17, 15) is 9.18 Å². The van der Waals surface area contributed by atoms with E-state index in [1.54, 1.807) is 6.07 Å². The highest BCUT2D eigenvalue weighted by Gasteiger charge is 2.16. The smallest absolute Gasteiger partial charge is 0.241 e. The van der Waals surface area contributed by atoms with Gasteiger partial charge in [0.25, 0.3) is 0 Å². The number of carbonyl (C=O) groups is 1. The summed E-state index contributed by atoms with van der Waals surface area (Å²) < 4.78 is 14.1. The van der Waals surface area contributed by atoms with E-state index in [0.29, 0.717) is 16.8 Å². The maximum atomic E-state index is 13.4. The summed E-state index contributed by atoms with van der Waals surface area (Å²) in [6.45, 7) is 3.96. The predicted molar refractivity (Wildman–Crippen MR) is 70.2 cm³/mol. The highest BCUT2D eigenvalue weighted by Crippen LogP contribution is 2.20. The van der Waals surface area contributed by atoms with Crippen molar-refractivity contribution in [1.29, 1.82) is 0 Å². The highest BCUT2D eigenvalue weighted by atomic mass is 79.9.